The Balaban J connectivity index is 1.95. The fourth-order valence-electron chi connectivity index (χ4n) is 2.52. The van der Waals surface area contributed by atoms with Crippen molar-refractivity contribution in [1.82, 2.24) is 10.2 Å². The van der Waals surface area contributed by atoms with Crippen LogP contribution < -0.4 is 5.32 Å². The first-order valence-corrected chi connectivity index (χ1v) is 7.26. The van der Waals surface area contributed by atoms with Crippen LogP contribution in [0.25, 0.3) is 0 Å². The molecule has 2 nitrogen and oxygen atoms in total. The van der Waals surface area contributed by atoms with Crippen LogP contribution >= 0.6 is 0 Å². The van der Waals surface area contributed by atoms with Crippen LogP contribution in [-0.4, -0.2) is 36.6 Å². The van der Waals surface area contributed by atoms with Crippen molar-refractivity contribution < 1.29 is 0 Å². The van der Waals surface area contributed by atoms with Gasteiger partial charge in [0.2, 0.25) is 0 Å². The van der Waals surface area contributed by atoms with E-state index in [1.54, 1.807) is 0 Å². The number of hydrogen-bond donors (Lipinski definition) is 1. The van der Waals surface area contributed by atoms with E-state index in [9.17, 15) is 0 Å². The highest BCUT2D eigenvalue weighted by Crippen LogP contribution is 2.28. The van der Waals surface area contributed by atoms with Gasteiger partial charge < -0.3 is 10.2 Å². The molecular weight excluding hydrogens is 208 g/mol. The van der Waals surface area contributed by atoms with Gasteiger partial charge in [0, 0.05) is 12.1 Å². The summed E-state index contributed by atoms with van der Waals surface area (Å²) in [5, 5.41) is 3.55. The summed E-state index contributed by atoms with van der Waals surface area (Å²) < 4.78 is 0. The molecule has 102 valence electrons. The van der Waals surface area contributed by atoms with E-state index in [1.807, 2.05) is 0 Å². The van der Waals surface area contributed by atoms with Crippen LogP contribution in [-0.2, 0) is 0 Å². The molecule has 17 heavy (non-hydrogen) atoms. The molecule has 1 N–H and O–H groups in total. The Hall–Kier alpha value is -0.0800. The van der Waals surface area contributed by atoms with E-state index in [0.717, 1.165) is 6.54 Å². The van der Waals surface area contributed by atoms with Crippen LogP contribution in [0.15, 0.2) is 0 Å². The van der Waals surface area contributed by atoms with E-state index >= 15 is 0 Å². The molecule has 0 amide bonds. The molecule has 0 radical (unpaired) electrons. The van der Waals surface area contributed by atoms with Gasteiger partial charge >= 0.3 is 0 Å². The molecule has 0 atom stereocenters. The topological polar surface area (TPSA) is 15.3 Å². The maximum absolute atomic E-state index is 3.55. The fourth-order valence-corrected chi connectivity index (χ4v) is 2.52. The lowest BCUT2D eigenvalue weighted by Gasteiger charge is -2.21. The van der Waals surface area contributed by atoms with Crippen molar-refractivity contribution in [2.75, 3.05) is 26.2 Å². The van der Waals surface area contributed by atoms with Crippen LogP contribution in [0.2, 0.25) is 0 Å². The summed E-state index contributed by atoms with van der Waals surface area (Å²) >= 11 is 0. The molecule has 0 aliphatic carbocycles. The maximum atomic E-state index is 3.55. The van der Waals surface area contributed by atoms with Gasteiger partial charge in [0.1, 0.15) is 0 Å². The average Bonchev–Trinajstić information content (AvgIpc) is 2.50. The predicted molar refractivity (Wildman–Crippen MR) is 76.4 cm³/mol. The van der Waals surface area contributed by atoms with Crippen molar-refractivity contribution >= 4 is 0 Å². The van der Waals surface area contributed by atoms with Crippen molar-refractivity contribution in [3.63, 3.8) is 0 Å². The minimum Gasteiger partial charge on any atom is -0.312 e. The summed E-state index contributed by atoms with van der Waals surface area (Å²) in [4.78, 5) is 2.64. The Labute approximate surface area is 108 Å². The van der Waals surface area contributed by atoms with Gasteiger partial charge in [-0.2, -0.15) is 0 Å². The first-order chi connectivity index (χ1) is 7.79. The van der Waals surface area contributed by atoms with E-state index in [2.05, 4.69) is 44.8 Å². The second-order valence-corrected chi connectivity index (χ2v) is 7.43. The lowest BCUT2D eigenvalue weighted by molar-refractivity contribution is 0.284. The van der Waals surface area contributed by atoms with Gasteiger partial charge in [0.25, 0.3) is 0 Å². The molecule has 0 unspecified atom stereocenters. The molecule has 1 aliphatic rings. The summed E-state index contributed by atoms with van der Waals surface area (Å²) in [6, 6.07) is 0. The number of rotatable bonds is 6. The van der Waals surface area contributed by atoms with Gasteiger partial charge in [0.05, 0.1) is 0 Å². The molecule has 0 saturated carbocycles. The molecule has 2 heteroatoms. The second kappa shape index (κ2) is 6.19. The van der Waals surface area contributed by atoms with Crippen LogP contribution in [0, 0.1) is 5.41 Å². The van der Waals surface area contributed by atoms with Crippen LogP contribution in [0.5, 0.6) is 0 Å². The van der Waals surface area contributed by atoms with Crippen molar-refractivity contribution in [2.24, 2.45) is 5.41 Å². The number of likely N-dealkylation sites (tertiary alicyclic amines) is 1. The molecule has 1 aliphatic heterocycles. The van der Waals surface area contributed by atoms with Crippen LogP contribution in [0.3, 0.4) is 0 Å². The predicted octanol–water partition coefficient (Wildman–Crippen LogP) is 3.28. The fraction of sp³-hybridized carbons (Fsp3) is 1.00. The van der Waals surface area contributed by atoms with Crippen LogP contribution in [0.4, 0.5) is 0 Å². The Morgan fingerprint density at radius 1 is 1.12 bits per heavy atom. The number of nitrogens with one attached hydrogen (secondary N) is 1. The van der Waals surface area contributed by atoms with Gasteiger partial charge in [0.15, 0.2) is 0 Å². The molecule has 0 aromatic heterocycles. The van der Waals surface area contributed by atoms with E-state index in [-0.39, 0.29) is 5.54 Å². The zero-order valence-corrected chi connectivity index (χ0v) is 12.6. The molecule has 0 aromatic rings. The Morgan fingerprint density at radius 2 is 1.82 bits per heavy atom. The number of hydrogen-bond acceptors (Lipinski definition) is 2. The Bertz CT molecular complexity index is 215. The molecule has 0 bridgehead atoms. The molecule has 1 saturated heterocycles. The quantitative estimate of drug-likeness (QED) is 0.717. The lowest BCUT2D eigenvalue weighted by atomic mass is 9.93. The molecule has 0 spiro atoms. The highest BCUT2D eigenvalue weighted by molar-refractivity contribution is 4.82. The second-order valence-electron chi connectivity index (χ2n) is 7.43. The van der Waals surface area contributed by atoms with Gasteiger partial charge in [-0.25, -0.2) is 0 Å². The summed E-state index contributed by atoms with van der Waals surface area (Å²) in [5.41, 5.74) is 0.840. The number of nitrogens with zero attached hydrogens (tertiary/aromatic N) is 1. The summed E-state index contributed by atoms with van der Waals surface area (Å²) in [6.07, 6.45) is 5.41. The summed E-state index contributed by atoms with van der Waals surface area (Å²) in [7, 11) is 0. The maximum Gasteiger partial charge on any atom is 0.00965 e. The molecule has 1 rings (SSSR count). The highest BCUT2D eigenvalue weighted by atomic mass is 15.1. The number of unbranched alkanes of at least 4 members (excludes halogenated alkanes) is 2. The largest absolute Gasteiger partial charge is 0.312 e. The van der Waals surface area contributed by atoms with E-state index in [4.69, 9.17) is 0 Å². The van der Waals surface area contributed by atoms with Gasteiger partial charge in [-0.1, -0.05) is 20.3 Å². The van der Waals surface area contributed by atoms with Gasteiger partial charge in [-0.3, -0.25) is 0 Å². The zero-order chi connectivity index (χ0) is 12.9. The molecule has 1 fully saturated rings. The normalized spacial score (nSPS) is 21.0. The Morgan fingerprint density at radius 3 is 2.35 bits per heavy atom. The SMILES string of the molecule is CC1(C)CCN(CCCCCNC(C)(C)C)C1. The third-order valence-corrected chi connectivity index (χ3v) is 3.56. The molecule has 0 aromatic carbocycles. The van der Waals surface area contributed by atoms with Gasteiger partial charge in [-0.05, 0) is 65.1 Å². The first-order valence-electron chi connectivity index (χ1n) is 7.26. The molecular formula is C15H32N2. The van der Waals surface area contributed by atoms with E-state index in [1.165, 1.54) is 45.3 Å². The van der Waals surface area contributed by atoms with Crippen LogP contribution in [0.1, 0.15) is 60.3 Å². The van der Waals surface area contributed by atoms with E-state index < -0.39 is 0 Å². The minimum atomic E-state index is 0.277. The van der Waals surface area contributed by atoms with Crippen molar-refractivity contribution in [3.8, 4) is 0 Å². The highest BCUT2D eigenvalue weighted by Gasteiger charge is 2.28. The lowest BCUT2D eigenvalue weighted by Crippen LogP contribution is -2.36. The van der Waals surface area contributed by atoms with Crippen molar-refractivity contribution in [2.45, 2.75) is 65.8 Å². The van der Waals surface area contributed by atoms with Crippen molar-refractivity contribution in [3.05, 3.63) is 0 Å². The smallest absolute Gasteiger partial charge is 0.00965 e. The Kier molecular flexibility index (Phi) is 5.46. The summed E-state index contributed by atoms with van der Waals surface area (Å²) in [5.74, 6) is 0. The van der Waals surface area contributed by atoms with E-state index in [0.29, 0.717) is 5.41 Å². The monoisotopic (exact) mass is 240 g/mol. The van der Waals surface area contributed by atoms with Gasteiger partial charge in [-0.15, -0.1) is 0 Å². The third-order valence-electron chi connectivity index (χ3n) is 3.56. The zero-order valence-electron chi connectivity index (χ0n) is 12.6. The average molecular weight is 240 g/mol. The molecule has 1 heterocycles. The minimum absolute atomic E-state index is 0.277. The van der Waals surface area contributed by atoms with Crippen molar-refractivity contribution in [1.29, 1.82) is 0 Å². The first kappa shape index (κ1) is 15.0. The standard InChI is InChI=1S/C15H32N2/c1-14(2,3)16-10-7-6-8-11-17-12-9-15(4,5)13-17/h16H,6-13H2,1-5H3. The third kappa shape index (κ3) is 7.05. The summed E-state index contributed by atoms with van der Waals surface area (Å²) in [6.45, 7) is 16.6.